The first-order valence-corrected chi connectivity index (χ1v) is 4.64. The highest BCUT2D eigenvalue weighted by atomic mass is 16.4. The number of aliphatic carboxylic acids is 1. The molecule has 0 aliphatic rings. The minimum absolute atomic E-state index is 0.263. The number of primary amides is 1. The average Bonchev–Trinajstić information content (AvgIpc) is 2.00. The van der Waals surface area contributed by atoms with Crippen LogP contribution in [0.5, 0.6) is 0 Å². The average molecular weight is 219 g/mol. The van der Waals surface area contributed by atoms with Crippen molar-refractivity contribution in [1.29, 1.82) is 0 Å². The first-order valence-electron chi connectivity index (χ1n) is 4.64. The molecule has 3 unspecified atom stereocenters. The van der Waals surface area contributed by atoms with Gasteiger partial charge in [-0.2, -0.15) is 0 Å². The van der Waals surface area contributed by atoms with Crippen molar-refractivity contribution in [2.45, 2.75) is 32.5 Å². The van der Waals surface area contributed by atoms with E-state index in [1.165, 1.54) is 0 Å². The highest BCUT2D eigenvalue weighted by Gasteiger charge is 2.33. The molecule has 15 heavy (non-hydrogen) atoms. The van der Waals surface area contributed by atoms with Crippen molar-refractivity contribution in [3.05, 3.63) is 0 Å². The van der Waals surface area contributed by atoms with Crippen LogP contribution in [0.15, 0.2) is 0 Å². The first-order chi connectivity index (χ1) is 6.77. The van der Waals surface area contributed by atoms with E-state index in [2.05, 4.69) is 0 Å². The maximum Gasteiger partial charge on any atom is 0.306 e. The predicted octanol–water partition coefficient (Wildman–Crippen LogP) is -1.06. The quantitative estimate of drug-likeness (QED) is 0.453. The topological polar surface area (TPSA) is 121 Å². The lowest BCUT2D eigenvalue weighted by Crippen LogP contribution is -2.44. The van der Waals surface area contributed by atoms with E-state index in [1.807, 2.05) is 0 Å². The van der Waals surface area contributed by atoms with Crippen molar-refractivity contribution in [2.24, 2.45) is 17.6 Å². The smallest absolute Gasteiger partial charge is 0.306 e. The second-order valence-corrected chi connectivity index (χ2v) is 3.83. The summed E-state index contributed by atoms with van der Waals surface area (Å²) in [6, 6.07) is 0. The molecule has 0 rings (SSSR count). The van der Waals surface area contributed by atoms with Gasteiger partial charge in [-0.25, -0.2) is 0 Å². The Morgan fingerprint density at radius 3 is 2.00 bits per heavy atom. The zero-order valence-electron chi connectivity index (χ0n) is 8.75. The van der Waals surface area contributed by atoms with E-state index in [9.17, 15) is 19.8 Å². The first kappa shape index (κ1) is 13.9. The minimum atomic E-state index is -1.48. The van der Waals surface area contributed by atoms with E-state index >= 15 is 0 Å². The second kappa shape index (κ2) is 5.67. The molecule has 0 saturated heterocycles. The normalized spacial score (nSPS) is 17.1. The van der Waals surface area contributed by atoms with Gasteiger partial charge >= 0.3 is 5.97 Å². The summed E-state index contributed by atoms with van der Waals surface area (Å²) < 4.78 is 0. The van der Waals surface area contributed by atoms with E-state index in [0.717, 1.165) is 0 Å². The van der Waals surface area contributed by atoms with Gasteiger partial charge < -0.3 is 21.1 Å². The third-order valence-corrected chi connectivity index (χ3v) is 2.19. The SMILES string of the molecule is CC(C)C(C(N)=O)C(O)C(O)CC(=O)O. The molecule has 0 heterocycles. The molecule has 0 fully saturated rings. The van der Waals surface area contributed by atoms with E-state index in [-0.39, 0.29) is 5.92 Å². The molecular formula is C9H17NO5. The monoisotopic (exact) mass is 219 g/mol. The van der Waals surface area contributed by atoms with Gasteiger partial charge in [-0.05, 0) is 5.92 Å². The van der Waals surface area contributed by atoms with Crippen LogP contribution in [0.3, 0.4) is 0 Å². The van der Waals surface area contributed by atoms with Gasteiger partial charge in [0.15, 0.2) is 0 Å². The fraction of sp³-hybridized carbons (Fsp3) is 0.778. The molecule has 0 aromatic heterocycles. The van der Waals surface area contributed by atoms with E-state index in [0.29, 0.717) is 0 Å². The maximum absolute atomic E-state index is 11.0. The van der Waals surface area contributed by atoms with Gasteiger partial charge in [-0.1, -0.05) is 13.8 Å². The van der Waals surface area contributed by atoms with E-state index in [1.54, 1.807) is 13.8 Å². The van der Waals surface area contributed by atoms with Gasteiger partial charge in [0, 0.05) is 0 Å². The van der Waals surface area contributed by atoms with Crippen LogP contribution in [0.2, 0.25) is 0 Å². The number of rotatable bonds is 6. The Labute approximate surface area is 87.7 Å². The maximum atomic E-state index is 11.0. The molecular weight excluding hydrogens is 202 g/mol. The standard InChI is InChI=1S/C9H17NO5/c1-4(2)7(9(10)15)8(14)5(11)3-6(12)13/h4-5,7-8,11,14H,3H2,1-2H3,(H2,10,15)(H,12,13). The van der Waals surface area contributed by atoms with Gasteiger partial charge in [0.05, 0.1) is 24.5 Å². The number of nitrogens with two attached hydrogens (primary N) is 1. The molecule has 6 heteroatoms. The molecule has 88 valence electrons. The lowest BCUT2D eigenvalue weighted by molar-refractivity contribution is -0.145. The number of aliphatic hydroxyl groups excluding tert-OH is 2. The summed E-state index contributed by atoms with van der Waals surface area (Å²) >= 11 is 0. The Kier molecular flexibility index (Phi) is 5.24. The molecule has 0 saturated carbocycles. The van der Waals surface area contributed by atoms with Crippen LogP contribution in [-0.4, -0.2) is 39.4 Å². The summed E-state index contributed by atoms with van der Waals surface area (Å²) in [6.45, 7) is 3.32. The number of hydrogen-bond donors (Lipinski definition) is 4. The molecule has 0 bridgehead atoms. The Hall–Kier alpha value is -1.14. The molecule has 0 aromatic rings. The number of carboxylic acids is 1. The Morgan fingerprint density at radius 1 is 1.27 bits per heavy atom. The summed E-state index contributed by atoms with van der Waals surface area (Å²) in [4.78, 5) is 21.3. The number of carboxylic acid groups (broad SMARTS) is 1. The van der Waals surface area contributed by atoms with Crippen molar-refractivity contribution < 1.29 is 24.9 Å². The van der Waals surface area contributed by atoms with E-state index < -0.39 is 36.4 Å². The van der Waals surface area contributed by atoms with Gasteiger partial charge in [-0.15, -0.1) is 0 Å². The lowest BCUT2D eigenvalue weighted by Gasteiger charge is -2.26. The predicted molar refractivity (Wildman–Crippen MR) is 51.8 cm³/mol. The Balaban J connectivity index is 4.55. The molecule has 0 radical (unpaired) electrons. The van der Waals surface area contributed by atoms with Gasteiger partial charge in [0.2, 0.25) is 5.91 Å². The van der Waals surface area contributed by atoms with Crippen LogP contribution >= 0.6 is 0 Å². The third kappa shape index (κ3) is 4.26. The molecule has 6 nitrogen and oxygen atoms in total. The van der Waals surface area contributed by atoms with Crippen LogP contribution in [0, 0.1) is 11.8 Å². The fourth-order valence-corrected chi connectivity index (χ4v) is 1.43. The molecule has 0 aliphatic heterocycles. The number of hydrogen-bond acceptors (Lipinski definition) is 4. The zero-order chi connectivity index (χ0) is 12.2. The largest absolute Gasteiger partial charge is 0.481 e. The van der Waals surface area contributed by atoms with Crippen molar-refractivity contribution >= 4 is 11.9 Å². The number of amides is 1. The Morgan fingerprint density at radius 2 is 1.73 bits per heavy atom. The van der Waals surface area contributed by atoms with Crippen LogP contribution < -0.4 is 5.73 Å². The van der Waals surface area contributed by atoms with Crippen LogP contribution in [-0.2, 0) is 9.59 Å². The van der Waals surface area contributed by atoms with Crippen molar-refractivity contribution in [3.8, 4) is 0 Å². The summed E-state index contributed by atoms with van der Waals surface area (Å²) in [5.41, 5.74) is 5.05. The van der Waals surface area contributed by atoms with Crippen LogP contribution in [0.25, 0.3) is 0 Å². The summed E-state index contributed by atoms with van der Waals surface area (Å²) in [5, 5.41) is 27.3. The molecule has 0 aromatic carbocycles. The second-order valence-electron chi connectivity index (χ2n) is 3.83. The van der Waals surface area contributed by atoms with Gasteiger partial charge in [0.1, 0.15) is 0 Å². The highest BCUT2D eigenvalue weighted by molar-refractivity contribution is 5.77. The molecule has 5 N–H and O–H groups in total. The molecule has 3 atom stereocenters. The summed E-state index contributed by atoms with van der Waals surface area (Å²) in [5.74, 6) is -3.20. The van der Waals surface area contributed by atoms with Crippen LogP contribution in [0.4, 0.5) is 0 Å². The number of carbonyl (C=O) groups is 2. The van der Waals surface area contributed by atoms with E-state index in [4.69, 9.17) is 10.8 Å². The van der Waals surface area contributed by atoms with Gasteiger partial charge in [0.25, 0.3) is 0 Å². The summed E-state index contributed by atoms with van der Waals surface area (Å²) in [7, 11) is 0. The fourth-order valence-electron chi connectivity index (χ4n) is 1.43. The molecule has 1 amide bonds. The van der Waals surface area contributed by atoms with Gasteiger partial charge in [-0.3, -0.25) is 9.59 Å². The Bertz CT molecular complexity index is 241. The zero-order valence-corrected chi connectivity index (χ0v) is 8.75. The third-order valence-electron chi connectivity index (χ3n) is 2.19. The van der Waals surface area contributed by atoms with Crippen molar-refractivity contribution in [3.63, 3.8) is 0 Å². The summed E-state index contributed by atoms with van der Waals surface area (Å²) in [6.07, 6.45) is -3.54. The molecule has 0 spiro atoms. The number of carbonyl (C=O) groups excluding carboxylic acids is 1. The van der Waals surface area contributed by atoms with Crippen LogP contribution in [0.1, 0.15) is 20.3 Å². The minimum Gasteiger partial charge on any atom is -0.481 e. The molecule has 0 aliphatic carbocycles. The lowest BCUT2D eigenvalue weighted by atomic mass is 9.86. The van der Waals surface area contributed by atoms with Crippen molar-refractivity contribution in [2.75, 3.05) is 0 Å². The number of aliphatic hydroxyl groups is 2. The highest BCUT2D eigenvalue weighted by Crippen LogP contribution is 2.19. The van der Waals surface area contributed by atoms with Crippen molar-refractivity contribution in [1.82, 2.24) is 0 Å².